The van der Waals surface area contributed by atoms with Crippen molar-refractivity contribution in [3.05, 3.63) is 42.2 Å². The van der Waals surface area contributed by atoms with Crippen molar-refractivity contribution < 1.29 is 14.7 Å². The van der Waals surface area contributed by atoms with Gasteiger partial charge >= 0.3 is 0 Å². The Kier molecular flexibility index (Phi) is 3.73. The summed E-state index contributed by atoms with van der Waals surface area (Å²) in [5, 5.41) is 14.1. The Morgan fingerprint density at radius 2 is 1.86 bits per heavy atom. The highest BCUT2D eigenvalue weighted by Gasteiger charge is 2.48. The van der Waals surface area contributed by atoms with Crippen molar-refractivity contribution in [2.24, 2.45) is 23.7 Å². The average Bonchev–Trinajstić information content (AvgIpc) is 3.08. The highest BCUT2D eigenvalue weighted by Crippen LogP contribution is 2.47. The molecular formula is C16H17N2O3-. The third-order valence-corrected chi connectivity index (χ3v) is 4.50. The first-order valence-electron chi connectivity index (χ1n) is 7.22. The summed E-state index contributed by atoms with van der Waals surface area (Å²) in [4.78, 5) is 27.5. The lowest BCUT2D eigenvalue weighted by Crippen LogP contribution is -2.45. The summed E-state index contributed by atoms with van der Waals surface area (Å²) < 4.78 is 0. The third-order valence-electron chi connectivity index (χ3n) is 4.50. The van der Waals surface area contributed by atoms with E-state index in [1.54, 1.807) is 12.4 Å². The number of hydrogen-bond donors (Lipinski definition) is 1. The molecular weight excluding hydrogens is 268 g/mol. The topological polar surface area (TPSA) is 82.1 Å². The molecule has 1 aromatic rings. The van der Waals surface area contributed by atoms with E-state index in [9.17, 15) is 14.7 Å². The largest absolute Gasteiger partial charge is 0.550 e. The van der Waals surface area contributed by atoms with E-state index in [4.69, 9.17) is 0 Å². The van der Waals surface area contributed by atoms with Gasteiger partial charge in [-0.3, -0.25) is 9.78 Å². The lowest BCUT2D eigenvalue weighted by Gasteiger charge is -2.27. The number of rotatable bonds is 5. The molecule has 2 aliphatic rings. The molecule has 0 aliphatic heterocycles. The van der Waals surface area contributed by atoms with Gasteiger partial charge in [-0.1, -0.05) is 12.2 Å². The molecule has 1 amide bonds. The predicted molar refractivity (Wildman–Crippen MR) is 73.7 cm³/mol. The Labute approximate surface area is 123 Å². The molecule has 1 heterocycles. The molecule has 2 aliphatic carbocycles. The molecule has 5 nitrogen and oxygen atoms in total. The van der Waals surface area contributed by atoms with Gasteiger partial charge in [-0.2, -0.15) is 0 Å². The smallest absolute Gasteiger partial charge is 0.224 e. The van der Waals surface area contributed by atoms with Gasteiger partial charge in [0.2, 0.25) is 5.91 Å². The van der Waals surface area contributed by atoms with Crippen LogP contribution in [-0.2, 0) is 16.0 Å². The Morgan fingerprint density at radius 3 is 2.52 bits per heavy atom. The summed E-state index contributed by atoms with van der Waals surface area (Å²) in [6.07, 6.45) is 8.76. The van der Waals surface area contributed by atoms with Gasteiger partial charge in [0.1, 0.15) is 0 Å². The molecule has 1 N–H and O–H groups in total. The van der Waals surface area contributed by atoms with Gasteiger partial charge in [-0.25, -0.2) is 0 Å². The summed E-state index contributed by atoms with van der Waals surface area (Å²) in [6.45, 7) is 0.500. The van der Waals surface area contributed by atoms with E-state index in [0.717, 1.165) is 12.0 Å². The maximum absolute atomic E-state index is 12.3. The van der Waals surface area contributed by atoms with Crippen LogP contribution in [0.2, 0.25) is 0 Å². The number of nitrogens with zero attached hydrogens (tertiary/aromatic N) is 1. The zero-order valence-corrected chi connectivity index (χ0v) is 11.6. The van der Waals surface area contributed by atoms with Crippen LogP contribution in [0.3, 0.4) is 0 Å². The number of aliphatic carboxylic acids is 1. The number of carbonyl (C=O) groups is 2. The SMILES string of the molecule is O=C([O-])[C@@H]1[C@H](C(=O)NCCc2ccncc2)[C@H]2C=C[C@H]1C2. The molecule has 1 aromatic heterocycles. The number of fused-ring (bicyclic) bond motifs is 2. The Hall–Kier alpha value is -2.17. The van der Waals surface area contributed by atoms with Crippen LogP contribution >= 0.6 is 0 Å². The van der Waals surface area contributed by atoms with Crippen LogP contribution in [0.15, 0.2) is 36.7 Å². The summed E-state index contributed by atoms with van der Waals surface area (Å²) >= 11 is 0. The van der Waals surface area contributed by atoms with Crippen LogP contribution in [0, 0.1) is 23.7 Å². The second-order valence-electron chi connectivity index (χ2n) is 5.72. The molecule has 1 saturated carbocycles. The fourth-order valence-electron chi connectivity index (χ4n) is 3.50. The summed E-state index contributed by atoms with van der Waals surface area (Å²) in [7, 11) is 0. The molecule has 5 heteroatoms. The second-order valence-corrected chi connectivity index (χ2v) is 5.72. The number of hydrogen-bond acceptors (Lipinski definition) is 4. The van der Waals surface area contributed by atoms with E-state index in [1.165, 1.54) is 0 Å². The van der Waals surface area contributed by atoms with Gasteiger partial charge in [0, 0.05) is 30.8 Å². The molecule has 21 heavy (non-hydrogen) atoms. The Bertz CT molecular complexity index is 570. The van der Waals surface area contributed by atoms with Crippen molar-refractivity contribution in [3.63, 3.8) is 0 Å². The first-order valence-corrected chi connectivity index (χ1v) is 7.22. The number of carbonyl (C=O) groups excluding carboxylic acids is 2. The number of carboxylic acids is 1. The van der Waals surface area contributed by atoms with Gasteiger partial charge < -0.3 is 15.2 Å². The van der Waals surface area contributed by atoms with Crippen LogP contribution in [0.1, 0.15) is 12.0 Å². The molecule has 110 valence electrons. The fraction of sp³-hybridized carbons (Fsp3) is 0.438. The van der Waals surface area contributed by atoms with Crippen LogP contribution in [0.5, 0.6) is 0 Å². The van der Waals surface area contributed by atoms with E-state index >= 15 is 0 Å². The minimum absolute atomic E-state index is 0.0406. The molecule has 0 spiro atoms. The summed E-state index contributed by atoms with van der Waals surface area (Å²) in [5.74, 6) is -2.45. The number of carboxylic acid groups (broad SMARTS) is 1. The first-order chi connectivity index (χ1) is 10.2. The zero-order chi connectivity index (χ0) is 14.8. The molecule has 0 unspecified atom stereocenters. The van der Waals surface area contributed by atoms with Gasteiger partial charge in [0.25, 0.3) is 0 Å². The van der Waals surface area contributed by atoms with Crippen molar-refractivity contribution in [1.29, 1.82) is 0 Å². The highest BCUT2D eigenvalue weighted by atomic mass is 16.4. The van der Waals surface area contributed by atoms with Crippen molar-refractivity contribution >= 4 is 11.9 Å². The van der Waals surface area contributed by atoms with Crippen molar-refractivity contribution in [3.8, 4) is 0 Å². The van der Waals surface area contributed by atoms with E-state index < -0.39 is 17.8 Å². The molecule has 0 radical (unpaired) electrons. The molecule has 3 rings (SSSR count). The minimum atomic E-state index is -1.11. The van der Waals surface area contributed by atoms with Gasteiger partial charge in [-0.05, 0) is 42.4 Å². The first kappa shape index (κ1) is 13.8. The monoisotopic (exact) mass is 285 g/mol. The quantitative estimate of drug-likeness (QED) is 0.768. The van der Waals surface area contributed by atoms with E-state index in [-0.39, 0.29) is 17.7 Å². The standard InChI is InChI=1S/C16H18N2O3/c19-15(18-8-5-10-3-6-17-7-4-10)13-11-1-2-12(9-11)14(13)16(20)21/h1-4,6-7,11-14H,5,8-9H2,(H,18,19)(H,20,21)/p-1/t11-,12-,13+,14-/m0/s1. The lowest BCUT2D eigenvalue weighted by atomic mass is 9.82. The van der Waals surface area contributed by atoms with Gasteiger partial charge in [0.05, 0.1) is 5.92 Å². The van der Waals surface area contributed by atoms with Crippen molar-refractivity contribution in [2.75, 3.05) is 6.54 Å². The van der Waals surface area contributed by atoms with Gasteiger partial charge in [0.15, 0.2) is 0 Å². The second kappa shape index (κ2) is 5.68. The van der Waals surface area contributed by atoms with E-state index in [0.29, 0.717) is 13.0 Å². The number of amides is 1. The normalized spacial score (nSPS) is 29.5. The van der Waals surface area contributed by atoms with Crippen LogP contribution in [0.25, 0.3) is 0 Å². The van der Waals surface area contributed by atoms with E-state index in [1.807, 2.05) is 24.3 Å². The maximum atomic E-state index is 12.3. The molecule has 2 bridgehead atoms. The van der Waals surface area contributed by atoms with Crippen LogP contribution in [-0.4, -0.2) is 23.4 Å². The number of nitrogens with one attached hydrogen (secondary N) is 1. The third kappa shape index (κ3) is 2.68. The molecule has 0 aromatic carbocycles. The fourth-order valence-corrected chi connectivity index (χ4v) is 3.50. The molecule has 1 fully saturated rings. The lowest BCUT2D eigenvalue weighted by molar-refractivity contribution is -0.313. The molecule has 4 atom stereocenters. The Balaban J connectivity index is 1.58. The summed E-state index contributed by atoms with van der Waals surface area (Å²) in [6, 6.07) is 3.80. The van der Waals surface area contributed by atoms with Gasteiger partial charge in [-0.15, -0.1) is 0 Å². The molecule has 0 saturated heterocycles. The number of pyridine rings is 1. The maximum Gasteiger partial charge on any atom is 0.224 e. The van der Waals surface area contributed by atoms with Crippen LogP contribution in [0.4, 0.5) is 0 Å². The number of allylic oxidation sites excluding steroid dienone is 2. The predicted octanol–water partition coefficient (Wildman–Crippen LogP) is -0.0715. The Morgan fingerprint density at radius 1 is 1.19 bits per heavy atom. The van der Waals surface area contributed by atoms with E-state index in [2.05, 4.69) is 10.3 Å². The van der Waals surface area contributed by atoms with Crippen molar-refractivity contribution in [1.82, 2.24) is 10.3 Å². The number of aromatic nitrogens is 1. The average molecular weight is 285 g/mol. The summed E-state index contributed by atoms with van der Waals surface area (Å²) in [5.41, 5.74) is 1.09. The minimum Gasteiger partial charge on any atom is -0.550 e. The zero-order valence-electron chi connectivity index (χ0n) is 11.6. The van der Waals surface area contributed by atoms with Crippen LogP contribution < -0.4 is 10.4 Å². The van der Waals surface area contributed by atoms with Crippen molar-refractivity contribution in [2.45, 2.75) is 12.8 Å². The highest BCUT2D eigenvalue weighted by molar-refractivity contribution is 5.86.